The van der Waals surface area contributed by atoms with Crippen molar-refractivity contribution in [1.82, 2.24) is 0 Å². The maximum absolute atomic E-state index is 12.8. The Hall–Kier alpha value is -2.03. The van der Waals surface area contributed by atoms with Crippen LogP contribution < -0.4 is 0 Å². The van der Waals surface area contributed by atoms with E-state index in [0.29, 0.717) is 12.0 Å². The van der Waals surface area contributed by atoms with E-state index in [-0.39, 0.29) is 0 Å². The van der Waals surface area contributed by atoms with Gasteiger partial charge in [-0.15, -0.1) is 0 Å². The Bertz CT molecular complexity index is 666. The first-order chi connectivity index (χ1) is 9.54. The van der Waals surface area contributed by atoms with Crippen LogP contribution in [0.3, 0.4) is 0 Å². The second-order valence-corrected chi connectivity index (χ2v) is 4.96. The highest BCUT2D eigenvalue weighted by molar-refractivity contribution is 5.71. The number of benzene rings is 2. The van der Waals surface area contributed by atoms with Gasteiger partial charge in [0.05, 0.1) is 5.56 Å². The van der Waals surface area contributed by atoms with Crippen LogP contribution >= 0.6 is 0 Å². The van der Waals surface area contributed by atoms with Crippen molar-refractivity contribution in [2.45, 2.75) is 19.0 Å². The number of hydrogen-bond acceptors (Lipinski definition) is 0. The Morgan fingerprint density at radius 1 is 0.850 bits per heavy atom. The predicted molar refractivity (Wildman–Crippen MR) is 73.3 cm³/mol. The monoisotopic (exact) mass is 274 g/mol. The van der Waals surface area contributed by atoms with Crippen molar-refractivity contribution in [3.05, 3.63) is 76.9 Å². The summed E-state index contributed by atoms with van der Waals surface area (Å²) in [7, 11) is 0. The van der Waals surface area contributed by atoms with Gasteiger partial charge < -0.3 is 0 Å². The maximum Gasteiger partial charge on any atom is 0.416 e. The molecule has 1 aliphatic rings. The van der Waals surface area contributed by atoms with Crippen molar-refractivity contribution in [3.8, 4) is 0 Å². The molecule has 0 spiro atoms. The van der Waals surface area contributed by atoms with Crippen molar-refractivity contribution in [2.24, 2.45) is 0 Å². The van der Waals surface area contributed by atoms with Gasteiger partial charge in [-0.25, -0.2) is 0 Å². The smallest absolute Gasteiger partial charge is 0.166 e. The number of allylic oxidation sites excluding steroid dienone is 2. The SMILES string of the molecule is FC(F)(F)c1cccc(C2=CCc3ccccc3C2)c1. The molecule has 0 aliphatic heterocycles. The lowest BCUT2D eigenvalue weighted by Crippen LogP contribution is -2.07. The molecular weight excluding hydrogens is 261 g/mol. The molecule has 3 heteroatoms. The zero-order chi connectivity index (χ0) is 14.2. The topological polar surface area (TPSA) is 0 Å². The molecule has 0 unspecified atom stereocenters. The Balaban J connectivity index is 1.94. The van der Waals surface area contributed by atoms with Gasteiger partial charge in [-0.3, -0.25) is 0 Å². The number of fused-ring (bicyclic) bond motifs is 1. The summed E-state index contributed by atoms with van der Waals surface area (Å²) in [4.78, 5) is 0. The molecule has 0 heterocycles. The fraction of sp³-hybridized carbons (Fsp3) is 0.176. The van der Waals surface area contributed by atoms with Crippen LogP contribution in [0.4, 0.5) is 13.2 Å². The average molecular weight is 274 g/mol. The third-order valence-electron chi connectivity index (χ3n) is 3.63. The summed E-state index contributed by atoms with van der Waals surface area (Å²) in [5.41, 5.74) is 3.49. The van der Waals surface area contributed by atoms with Crippen LogP contribution in [0, 0.1) is 0 Å². The van der Waals surface area contributed by atoms with Crippen molar-refractivity contribution < 1.29 is 13.2 Å². The van der Waals surface area contributed by atoms with E-state index in [4.69, 9.17) is 0 Å². The maximum atomic E-state index is 12.8. The molecule has 102 valence electrons. The van der Waals surface area contributed by atoms with Gasteiger partial charge in [0.2, 0.25) is 0 Å². The Morgan fingerprint density at radius 3 is 2.35 bits per heavy atom. The Morgan fingerprint density at radius 2 is 1.60 bits per heavy atom. The molecule has 0 N–H and O–H groups in total. The van der Waals surface area contributed by atoms with Crippen molar-refractivity contribution in [2.75, 3.05) is 0 Å². The fourth-order valence-electron chi connectivity index (χ4n) is 2.55. The highest BCUT2D eigenvalue weighted by Gasteiger charge is 2.30. The highest BCUT2D eigenvalue weighted by atomic mass is 19.4. The zero-order valence-corrected chi connectivity index (χ0v) is 10.7. The lowest BCUT2D eigenvalue weighted by molar-refractivity contribution is -0.137. The number of hydrogen-bond donors (Lipinski definition) is 0. The normalized spacial score (nSPS) is 14.7. The van der Waals surface area contributed by atoms with E-state index in [2.05, 4.69) is 6.07 Å². The van der Waals surface area contributed by atoms with Crippen LogP contribution in [-0.2, 0) is 19.0 Å². The number of rotatable bonds is 1. The molecule has 0 atom stereocenters. The van der Waals surface area contributed by atoms with E-state index >= 15 is 0 Å². The van der Waals surface area contributed by atoms with Crippen LogP contribution in [0.2, 0.25) is 0 Å². The van der Waals surface area contributed by atoms with Gasteiger partial charge in [-0.05, 0) is 47.2 Å². The van der Waals surface area contributed by atoms with Crippen LogP contribution in [0.25, 0.3) is 5.57 Å². The Labute approximate surface area is 115 Å². The fourth-order valence-corrected chi connectivity index (χ4v) is 2.55. The van der Waals surface area contributed by atoms with Crippen molar-refractivity contribution >= 4 is 5.57 Å². The second kappa shape index (κ2) is 4.82. The molecule has 0 aromatic heterocycles. The minimum absolute atomic E-state index is 0.588. The molecular formula is C17H13F3. The minimum atomic E-state index is -4.29. The van der Waals surface area contributed by atoms with Gasteiger partial charge in [0, 0.05) is 0 Å². The van der Waals surface area contributed by atoms with E-state index in [0.717, 1.165) is 18.1 Å². The van der Waals surface area contributed by atoms with Crippen LogP contribution in [0.15, 0.2) is 54.6 Å². The largest absolute Gasteiger partial charge is 0.416 e. The summed E-state index contributed by atoms with van der Waals surface area (Å²) < 4.78 is 38.3. The average Bonchev–Trinajstić information content (AvgIpc) is 2.46. The quantitative estimate of drug-likeness (QED) is 0.694. The number of alkyl halides is 3. The van der Waals surface area contributed by atoms with Gasteiger partial charge in [0.25, 0.3) is 0 Å². The predicted octanol–water partition coefficient (Wildman–Crippen LogP) is 4.89. The summed E-state index contributed by atoms with van der Waals surface area (Å²) in [5.74, 6) is 0. The first-order valence-electron chi connectivity index (χ1n) is 6.47. The summed E-state index contributed by atoms with van der Waals surface area (Å²) in [6.45, 7) is 0. The van der Waals surface area contributed by atoms with Gasteiger partial charge in [-0.2, -0.15) is 13.2 Å². The second-order valence-electron chi connectivity index (χ2n) is 4.96. The van der Waals surface area contributed by atoms with Crippen LogP contribution in [0.5, 0.6) is 0 Å². The molecule has 0 fully saturated rings. The molecule has 0 bridgehead atoms. The molecule has 0 radical (unpaired) electrons. The molecule has 0 amide bonds. The Kier molecular flexibility index (Phi) is 3.13. The molecule has 20 heavy (non-hydrogen) atoms. The van der Waals surface area contributed by atoms with E-state index in [1.165, 1.54) is 23.3 Å². The van der Waals surface area contributed by atoms with E-state index < -0.39 is 11.7 Å². The van der Waals surface area contributed by atoms with Gasteiger partial charge >= 0.3 is 6.18 Å². The van der Waals surface area contributed by atoms with Crippen LogP contribution in [-0.4, -0.2) is 0 Å². The molecule has 0 saturated carbocycles. The van der Waals surface area contributed by atoms with E-state index in [9.17, 15) is 13.2 Å². The minimum Gasteiger partial charge on any atom is -0.166 e. The summed E-state index contributed by atoms with van der Waals surface area (Å²) >= 11 is 0. The van der Waals surface area contributed by atoms with Crippen molar-refractivity contribution in [1.29, 1.82) is 0 Å². The molecule has 2 aromatic carbocycles. The highest BCUT2D eigenvalue weighted by Crippen LogP contribution is 2.33. The van der Waals surface area contributed by atoms with Gasteiger partial charge in [-0.1, -0.05) is 42.5 Å². The lowest BCUT2D eigenvalue weighted by Gasteiger charge is -2.18. The first-order valence-corrected chi connectivity index (χ1v) is 6.47. The molecule has 3 rings (SSSR count). The van der Waals surface area contributed by atoms with Crippen molar-refractivity contribution in [3.63, 3.8) is 0 Å². The van der Waals surface area contributed by atoms with Gasteiger partial charge in [0.15, 0.2) is 0 Å². The van der Waals surface area contributed by atoms with E-state index in [1.54, 1.807) is 6.07 Å². The first kappa shape index (κ1) is 13.0. The van der Waals surface area contributed by atoms with Crippen LogP contribution in [0.1, 0.15) is 22.3 Å². The molecule has 0 saturated heterocycles. The third kappa shape index (κ3) is 2.48. The summed E-state index contributed by atoms with van der Waals surface area (Å²) in [6, 6.07) is 13.6. The zero-order valence-electron chi connectivity index (χ0n) is 10.7. The lowest BCUT2D eigenvalue weighted by atomic mass is 9.88. The molecule has 1 aliphatic carbocycles. The summed E-state index contributed by atoms with van der Waals surface area (Å²) in [6.07, 6.45) is -0.791. The number of halogens is 3. The summed E-state index contributed by atoms with van der Waals surface area (Å²) in [5, 5.41) is 0. The van der Waals surface area contributed by atoms with E-state index in [1.807, 2.05) is 24.3 Å². The standard InChI is InChI=1S/C17H13F3/c18-17(19,20)16-7-3-6-14(11-16)15-9-8-12-4-1-2-5-13(12)10-15/h1-7,9,11H,8,10H2. The molecule has 0 nitrogen and oxygen atoms in total. The third-order valence-corrected chi connectivity index (χ3v) is 3.63. The molecule has 2 aromatic rings. The van der Waals surface area contributed by atoms with Gasteiger partial charge in [0.1, 0.15) is 0 Å².